The summed E-state index contributed by atoms with van der Waals surface area (Å²) >= 11 is 0. The average molecular weight is 307 g/mol. The maximum absolute atomic E-state index is 12.2. The topological polar surface area (TPSA) is 83.5 Å². The van der Waals surface area contributed by atoms with Gasteiger partial charge in [0.25, 0.3) is 0 Å². The molecule has 112 valence electrons. The van der Waals surface area contributed by atoms with E-state index in [1.807, 2.05) is 24.3 Å². The second-order valence-electron chi connectivity index (χ2n) is 4.80. The third kappa shape index (κ3) is 3.59. The summed E-state index contributed by atoms with van der Waals surface area (Å²) in [5.41, 5.74) is 0. The van der Waals surface area contributed by atoms with Crippen molar-refractivity contribution in [3.63, 3.8) is 0 Å². The van der Waals surface area contributed by atoms with Crippen LogP contribution in [-0.4, -0.2) is 26.0 Å². The minimum Gasteiger partial charge on any atom is -0.481 e. The lowest BCUT2D eigenvalue weighted by Gasteiger charge is -2.12. The lowest BCUT2D eigenvalue weighted by molar-refractivity contribution is -0.141. The molecule has 0 saturated carbocycles. The Balaban J connectivity index is 2.23. The van der Waals surface area contributed by atoms with E-state index in [0.717, 1.165) is 10.8 Å². The number of nitrogens with one attached hydrogen (secondary N) is 1. The van der Waals surface area contributed by atoms with E-state index >= 15 is 0 Å². The summed E-state index contributed by atoms with van der Waals surface area (Å²) in [6.07, 6.45) is 0.371. The number of carboxylic acid groups (broad SMARTS) is 1. The van der Waals surface area contributed by atoms with Crippen molar-refractivity contribution in [2.75, 3.05) is 6.54 Å². The molecule has 0 amide bonds. The lowest BCUT2D eigenvalue weighted by Crippen LogP contribution is -2.32. The summed E-state index contributed by atoms with van der Waals surface area (Å²) in [5.74, 6) is -1.72. The Labute approximate surface area is 123 Å². The molecule has 0 aliphatic carbocycles. The molecule has 0 radical (unpaired) electrons. The predicted octanol–water partition coefficient (Wildman–Crippen LogP) is 2.23. The molecule has 2 aromatic carbocycles. The first kappa shape index (κ1) is 15.5. The van der Waals surface area contributed by atoms with Crippen LogP contribution in [0.3, 0.4) is 0 Å². The van der Waals surface area contributed by atoms with Gasteiger partial charge in [0.15, 0.2) is 0 Å². The summed E-state index contributed by atoms with van der Waals surface area (Å²) in [7, 11) is -3.70. The van der Waals surface area contributed by atoms with Crippen molar-refractivity contribution in [2.24, 2.45) is 5.92 Å². The molecule has 6 heteroatoms. The standard InChI is InChI=1S/C15H17NO4S/c1-2-11(15(17)18)10-16-21(19,20)14-8-7-12-5-3-4-6-13(12)9-14/h3-9,11,16H,2,10H2,1H3,(H,17,18). The number of sulfonamides is 1. The monoisotopic (exact) mass is 307 g/mol. The van der Waals surface area contributed by atoms with E-state index in [0.29, 0.717) is 6.42 Å². The predicted molar refractivity (Wildman–Crippen MR) is 80.6 cm³/mol. The maximum Gasteiger partial charge on any atom is 0.307 e. The molecule has 21 heavy (non-hydrogen) atoms. The number of rotatable bonds is 6. The fourth-order valence-electron chi connectivity index (χ4n) is 2.03. The van der Waals surface area contributed by atoms with Crippen molar-refractivity contribution in [3.05, 3.63) is 42.5 Å². The molecule has 0 heterocycles. The zero-order valence-electron chi connectivity index (χ0n) is 11.6. The van der Waals surface area contributed by atoms with Crippen LogP contribution in [0.25, 0.3) is 10.8 Å². The summed E-state index contributed by atoms with van der Waals surface area (Å²) < 4.78 is 26.8. The Kier molecular flexibility index (Phi) is 4.59. The van der Waals surface area contributed by atoms with Gasteiger partial charge in [-0.3, -0.25) is 4.79 Å². The highest BCUT2D eigenvalue weighted by Gasteiger charge is 2.20. The van der Waals surface area contributed by atoms with Crippen molar-refractivity contribution in [1.82, 2.24) is 4.72 Å². The summed E-state index contributed by atoms with van der Waals surface area (Å²) in [4.78, 5) is 11.1. The van der Waals surface area contributed by atoms with E-state index in [9.17, 15) is 13.2 Å². The van der Waals surface area contributed by atoms with Gasteiger partial charge >= 0.3 is 5.97 Å². The maximum atomic E-state index is 12.2. The van der Waals surface area contributed by atoms with E-state index < -0.39 is 21.9 Å². The number of aliphatic carboxylic acids is 1. The first-order valence-electron chi connectivity index (χ1n) is 6.65. The third-order valence-corrected chi connectivity index (χ3v) is 4.81. The highest BCUT2D eigenvalue weighted by atomic mass is 32.2. The molecule has 0 fully saturated rings. The van der Waals surface area contributed by atoms with E-state index in [-0.39, 0.29) is 11.4 Å². The van der Waals surface area contributed by atoms with Crippen LogP contribution in [0.5, 0.6) is 0 Å². The Hall–Kier alpha value is -1.92. The number of fused-ring (bicyclic) bond motifs is 1. The Morgan fingerprint density at radius 1 is 1.19 bits per heavy atom. The normalized spacial score (nSPS) is 13.2. The molecular formula is C15H17NO4S. The Morgan fingerprint density at radius 3 is 2.48 bits per heavy atom. The molecule has 1 atom stereocenters. The fourth-order valence-corrected chi connectivity index (χ4v) is 3.15. The average Bonchev–Trinajstić information content (AvgIpc) is 2.47. The molecule has 2 N–H and O–H groups in total. The minimum absolute atomic E-state index is 0.110. The van der Waals surface area contributed by atoms with Gasteiger partial charge in [-0.25, -0.2) is 13.1 Å². The minimum atomic E-state index is -3.70. The molecular weight excluding hydrogens is 290 g/mol. The zero-order valence-corrected chi connectivity index (χ0v) is 12.4. The largest absolute Gasteiger partial charge is 0.481 e. The lowest BCUT2D eigenvalue weighted by atomic mass is 10.1. The highest BCUT2D eigenvalue weighted by molar-refractivity contribution is 7.89. The van der Waals surface area contributed by atoms with Gasteiger partial charge in [-0.15, -0.1) is 0 Å². The first-order valence-corrected chi connectivity index (χ1v) is 8.13. The van der Waals surface area contributed by atoms with Gasteiger partial charge in [0, 0.05) is 6.54 Å². The summed E-state index contributed by atoms with van der Waals surface area (Å²) in [6, 6.07) is 12.3. The van der Waals surface area contributed by atoms with Crippen LogP contribution in [0.15, 0.2) is 47.4 Å². The van der Waals surface area contributed by atoms with E-state index in [2.05, 4.69) is 4.72 Å². The van der Waals surface area contributed by atoms with Crippen molar-refractivity contribution in [1.29, 1.82) is 0 Å². The number of carboxylic acids is 1. The highest BCUT2D eigenvalue weighted by Crippen LogP contribution is 2.19. The van der Waals surface area contributed by atoms with Gasteiger partial charge in [-0.05, 0) is 29.3 Å². The van der Waals surface area contributed by atoms with Crippen LogP contribution in [0.1, 0.15) is 13.3 Å². The van der Waals surface area contributed by atoms with Crippen LogP contribution in [-0.2, 0) is 14.8 Å². The van der Waals surface area contributed by atoms with Gasteiger partial charge < -0.3 is 5.11 Å². The van der Waals surface area contributed by atoms with E-state index in [1.54, 1.807) is 19.1 Å². The fraction of sp³-hybridized carbons (Fsp3) is 0.267. The van der Waals surface area contributed by atoms with Crippen molar-refractivity contribution in [3.8, 4) is 0 Å². The third-order valence-electron chi connectivity index (χ3n) is 3.39. The number of carbonyl (C=O) groups is 1. The molecule has 0 aliphatic rings. The molecule has 0 aliphatic heterocycles. The van der Waals surface area contributed by atoms with Crippen molar-refractivity contribution < 1.29 is 18.3 Å². The second-order valence-corrected chi connectivity index (χ2v) is 6.57. The Bertz CT molecular complexity index is 755. The van der Waals surface area contributed by atoms with Crippen molar-refractivity contribution in [2.45, 2.75) is 18.2 Å². The van der Waals surface area contributed by atoms with Gasteiger partial charge in [0.05, 0.1) is 10.8 Å². The molecule has 2 aromatic rings. The first-order chi connectivity index (χ1) is 9.94. The van der Waals surface area contributed by atoms with E-state index in [4.69, 9.17) is 5.11 Å². The summed E-state index contributed by atoms with van der Waals surface area (Å²) in [5, 5.41) is 10.7. The van der Waals surface area contributed by atoms with Gasteiger partial charge in [-0.2, -0.15) is 0 Å². The van der Waals surface area contributed by atoms with Crippen LogP contribution in [0.2, 0.25) is 0 Å². The molecule has 0 aromatic heterocycles. The van der Waals surface area contributed by atoms with Gasteiger partial charge in [0.1, 0.15) is 0 Å². The second kappa shape index (κ2) is 6.24. The smallest absolute Gasteiger partial charge is 0.307 e. The molecule has 2 rings (SSSR count). The molecule has 0 saturated heterocycles. The molecule has 0 bridgehead atoms. The molecule has 1 unspecified atom stereocenters. The molecule has 5 nitrogen and oxygen atoms in total. The van der Waals surface area contributed by atoms with Crippen LogP contribution in [0.4, 0.5) is 0 Å². The quantitative estimate of drug-likeness (QED) is 0.857. The van der Waals surface area contributed by atoms with Crippen molar-refractivity contribution >= 4 is 26.8 Å². The van der Waals surface area contributed by atoms with E-state index in [1.165, 1.54) is 6.07 Å². The van der Waals surface area contributed by atoms with Crippen LogP contribution < -0.4 is 4.72 Å². The number of hydrogen-bond acceptors (Lipinski definition) is 3. The number of hydrogen-bond donors (Lipinski definition) is 2. The Morgan fingerprint density at radius 2 is 1.86 bits per heavy atom. The SMILES string of the molecule is CCC(CNS(=O)(=O)c1ccc2ccccc2c1)C(=O)O. The van der Waals surface area contributed by atoms with Crippen LogP contribution in [0, 0.1) is 5.92 Å². The number of benzene rings is 2. The zero-order chi connectivity index (χ0) is 15.5. The van der Waals surface area contributed by atoms with Gasteiger partial charge in [0.2, 0.25) is 10.0 Å². The molecule has 0 spiro atoms. The summed E-state index contributed by atoms with van der Waals surface area (Å²) in [6.45, 7) is 1.60. The van der Waals surface area contributed by atoms with Crippen LogP contribution >= 0.6 is 0 Å². The van der Waals surface area contributed by atoms with Gasteiger partial charge in [-0.1, -0.05) is 37.3 Å².